The molecule has 152 valence electrons. The van der Waals surface area contributed by atoms with Gasteiger partial charge in [-0.1, -0.05) is 59.3 Å². The second-order valence-corrected chi connectivity index (χ2v) is 7.78. The molecule has 0 bridgehead atoms. The molecule has 0 radical (unpaired) electrons. The highest BCUT2D eigenvalue weighted by Crippen LogP contribution is 2.51. The van der Waals surface area contributed by atoms with Crippen molar-refractivity contribution >= 4 is 0 Å². The smallest absolute Gasteiger partial charge is 0.170 e. The van der Waals surface area contributed by atoms with E-state index in [4.69, 9.17) is 26.7 Å². The van der Waals surface area contributed by atoms with Crippen LogP contribution in [0.5, 0.6) is 0 Å². The molecule has 5 heteroatoms. The molecule has 0 rings (SSSR count). The Balaban J connectivity index is 5.41. The van der Waals surface area contributed by atoms with E-state index in [1.54, 1.807) is 14.2 Å². The van der Waals surface area contributed by atoms with Crippen molar-refractivity contribution in [3.8, 4) is 0 Å². The van der Waals surface area contributed by atoms with Crippen LogP contribution in [0.15, 0.2) is 0 Å². The minimum absolute atomic E-state index is 0.167. The third-order valence-electron chi connectivity index (χ3n) is 6.25. The third kappa shape index (κ3) is 7.14. The van der Waals surface area contributed by atoms with Crippen molar-refractivity contribution in [2.75, 3.05) is 14.2 Å². The molecule has 0 aromatic heterocycles. The summed E-state index contributed by atoms with van der Waals surface area (Å²) in [4.78, 5) is 0. The molecule has 0 spiro atoms. The van der Waals surface area contributed by atoms with Crippen molar-refractivity contribution < 1.29 is 9.47 Å². The Labute approximate surface area is 156 Å². The Morgan fingerprint density at radius 1 is 0.840 bits per heavy atom. The highest BCUT2D eigenvalue weighted by atomic mass is 16.7. The first-order valence-electron chi connectivity index (χ1n) is 10.1. The summed E-state index contributed by atoms with van der Waals surface area (Å²) < 4.78 is 11.8. The Kier molecular flexibility index (Phi) is 11.4. The average molecular weight is 360 g/mol. The minimum Gasteiger partial charge on any atom is -0.353 e. The van der Waals surface area contributed by atoms with Gasteiger partial charge in [0.15, 0.2) is 5.79 Å². The van der Waals surface area contributed by atoms with Crippen LogP contribution in [0.2, 0.25) is 0 Å². The molecule has 0 aromatic rings. The lowest BCUT2D eigenvalue weighted by molar-refractivity contribution is -0.285. The number of hydrogen-bond acceptors (Lipinski definition) is 5. The Bertz CT molecular complexity index is 340. The van der Waals surface area contributed by atoms with Gasteiger partial charge in [0.25, 0.3) is 0 Å². The van der Waals surface area contributed by atoms with Crippen molar-refractivity contribution in [1.82, 2.24) is 0 Å². The van der Waals surface area contributed by atoms with E-state index in [0.717, 1.165) is 19.3 Å². The number of nitrogens with two attached hydrogens (primary N) is 3. The number of methoxy groups -OCH3 is 2. The van der Waals surface area contributed by atoms with Crippen molar-refractivity contribution in [3.05, 3.63) is 0 Å². The molecular weight excluding hydrogens is 314 g/mol. The molecule has 2 atom stereocenters. The summed E-state index contributed by atoms with van der Waals surface area (Å²) in [6, 6.07) is 0. The fourth-order valence-corrected chi connectivity index (χ4v) is 4.38. The topological polar surface area (TPSA) is 96.5 Å². The van der Waals surface area contributed by atoms with E-state index < -0.39 is 11.6 Å². The van der Waals surface area contributed by atoms with Crippen molar-refractivity contribution in [3.63, 3.8) is 0 Å². The van der Waals surface area contributed by atoms with Gasteiger partial charge >= 0.3 is 0 Å². The first-order valence-corrected chi connectivity index (χ1v) is 10.1. The zero-order valence-corrected chi connectivity index (χ0v) is 17.7. The maximum Gasteiger partial charge on any atom is 0.170 e. The minimum atomic E-state index is -1.16. The molecule has 0 saturated heterocycles. The number of unbranched alkanes of at least 4 members (excludes halogenated alkanes) is 4. The van der Waals surface area contributed by atoms with Crippen LogP contribution < -0.4 is 17.2 Å². The van der Waals surface area contributed by atoms with Crippen molar-refractivity contribution in [2.45, 2.75) is 103 Å². The SMILES string of the molecule is CCCCCCCC(CC)C(CC)(CCC(N)(N)N)C(C)(OC)OC. The lowest BCUT2D eigenvalue weighted by atomic mass is 9.62. The molecule has 2 unspecified atom stereocenters. The zero-order chi connectivity index (χ0) is 19.6. The summed E-state index contributed by atoms with van der Waals surface area (Å²) in [6.07, 6.45) is 10.9. The highest BCUT2D eigenvalue weighted by molar-refractivity contribution is 4.96. The number of hydrogen-bond donors (Lipinski definition) is 3. The van der Waals surface area contributed by atoms with Crippen LogP contribution in [0, 0.1) is 11.3 Å². The fraction of sp³-hybridized carbons (Fsp3) is 1.00. The summed E-state index contributed by atoms with van der Waals surface area (Å²) in [5, 5.41) is 0. The zero-order valence-electron chi connectivity index (χ0n) is 17.7. The van der Waals surface area contributed by atoms with Crippen molar-refractivity contribution in [2.24, 2.45) is 28.5 Å². The van der Waals surface area contributed by atoms with E-state index in [1.165, 1.54) is 38.5 Å². The molecule has 0 heterocycles. The molecule has 6 N–H and O–H groups in total. The van der Waals surface area contributed by atoms with E-state index >= 15 is 0 Å². The lowest BCUT2D eigenvalue weighted by Gasteiger charge is -2.52. The summed E-state index contributed by atoms with van der Waals surface area (Å²) >= 11 is 0. The van der Waals surface area contributed by atoms with Gasteiger partial charge in [0.1, 0.15) is 5.79 Å². The van der Waals surface area contributed by atoms with Crippen LogP contribution in [0.3, 0.4) is 0 Å². The van der Waals surface area contributed by atoms with Crippen molar-refractivity contribution in [1.29, 1.82) is 0 Å². The van der Waals surface area contributed by atoms with Gasteiger partial charge in [-0.3, -0.25) is 0 Å². The summed E-state index contributed by atoms with van der Waals surface area (Å²) in [6.45, 7) is 8.76. The molecule has 0 saturated carbocycles. The van der Waals surface area contributed by atoms with Gasteiger partial charge in [0.05, 0.1) is 0 Å². The molecular formula is C20H45N3O2. The van der Waals surface area contributed by atoms with E-state index in [0.29, 0.717) is 12.3 Å². The van der Waals surface area contributed by atoms with Gasteiger partial charge in [-0.05, 0) is 38.5 Å². The number of rotatable bonds is 15. The van der Waals surface area contributed by atoms with Gasteiger partial charge in [-0.2, -0.15) is 0 Å². The molecule has 0 aromatic carbocycles. The van der Waals surface area contributed by atoms with Gasteiger partial charge in [-0.15, -0.1) is 0 Å². The summed E-state index contributed by atoms with van der Waals surface area (Å²) in [7, 11) is 3.45. The largest absolute Gasteiger partial charge is 0.353 e. The predicted octanol–water partition coefficient (Wildman–Crippen LogP) is 4.09. The van der Waals surface area contributed by atoms with Crippen LogP contribution in [0.1, 0.15) is 91.9 Å². The Morgan fingerprint density at radius 2 is 1.40 bits per heavy atom. The maximum atomic E-state index is 5.89. The monoisotopic (exact) mass is 359 g/mol. The average Bonchev–Trinajstić information content (AvgIpc) is 2.58. The van der Waals surface area contributed by atoms with Crippen LogP contribution in [0.4, 0.5) is 0 Å². The number of ether oxygens (including phenoxy) is 2. The maximum absolute atomic E-state index is 5.89. The van der Waals surface area contributed by atoms with Crippen LogP contribution in [-0.4, -0.2) is 25.8 Å². The standard InChI is InChI=1S/C20H45N3O2/c1-7-10-11-12-13-14-17(8-2)19(9-3,15-16-20(21,22)23)18(4,24-5)25-6/h17H,7-16,21-23H2,1-6H3. The Morgan fingerprint density at radius 3 is 1.80 bits per heavy atom. The predicted molar refractivity (Wildman–Crippen MR) is 107 cm³/mol. The first-order chi connectivity index (χ1) is 11.7. The fourth-order valence-electron chi connectivity index (χ4n) is 4.38. The molecule has 0 amide bonds. The summed E-state index contributed by atoms with van der Waals surface area (Å²) in [5.41, 5.74) is 17.5. The molecule has 0 fully saturated rings. The van der Waals surface area contributed by atoms with Gasteiger partial charge in [0.2, 0.25) is 0 Å². The first kappa shape index (κ1) is 24.8. The van der Waals surface area contributed by atoms with E-state index in [-0.39, 0.29) is 5.41 Å². The van der Waals surface area contributed by atoms with E-state index in [1.807, 2.05) is 6.92 Å². The lowest BCUT2D eigenvalue weighted by Crippen LogP contribution is -2.60. The highest BCUT2D eigenvalue weighted by Gasteiger charge is 2.52. The van der Waals surface area contributed by atoms with E-state index in [9.17, 15) is 0 Å². The second kappa shape index (κ2) is 11.5. The molecule has 25 heavy (non-hydrogen) atoms. The van der Waals surface area contributed by atoms with Gasteiger partial charge in [-0.25, -0.2) is 0 Å². The molecule has 0 aliphatic heterocycles. The van der Waals surface area contributed by atoms with Crippen LogP contribution >= 0.6 is 0 Å². The van der Waals surface area contributed by atoms with Crippen LogP contribution in [-0.2, 0) is 9.47 Å². The molecule has 5 nitrogen and oxygen atoms in total. The second-order valence-electron chi connectivity index (χ2n) is 7.78. The third-order valence-corrected chi connectivity index (χ3v) is 6.25. The van der Waals surface area contributed by atoms with Crippen LogP contribution in [0.25, 0.3) is 0 Å². The Hall–Kier alpha value is -0.200. The van der Waals surface area contributed by atoms with Gasteiger partial charge in [0, 0.05) is 19.6 Å². The summed E-state index contributed by atoms with van der Waals surface area (Å²) in [5.74, 6) is -1.37. The molecule has 0 aliphatic carbocycles. The van der Waals surface area contributed by atoms with Gasteiger partial charge < -0.3 is 26.7 Å². The molecule has 0 aliphatic rings. The normalized spacial score (nSPS) is 16.7. The quantitative estimate of drug-likeness (QED) is 0.302. The van der Waals surface area contributed by atoms with E-state index in [2.05, 4.69) is 20.8 Å².